The molecule has 0 unspecified atom stereocenters. The molecule has 1 aromatic heterocycles. The van der Waals surface area contributed by atoms with E-state index in [1.807, 2.05) is 6.92 Å². The lowest BCUT2D eigenvalue weighted by atomic mass is 10.2. The van der Waals surface area contributed by atoms with Crippen molar-refractivity contribution < 1.29 is 9.90 Å². The van der Waals surface area contributed by atoms with Crippen molar-refractivity contribution in [1.82, 2.24) is 9.13 Å². The Morgan fingerprint density at radius 2 is 1.86 bits per heavy atom. The second-order valence-electron chi connectivity index (χ2n) is 5.12. The molecule has 0 fully saturated rings. The molecule has 0 aliphatic heterocycles. The number of nitrogen functional groups attached to an aromatic ring is 1. The zero-order valence-corrected chi connectivity index (χ0v) is 13.1. The van der Waals surface area contributed by atoms with E-state index in [0.29, 0.717) is 32.2 Å². The Balaban J connectivity index is 3.29. The van der Waals surface area contributed by atoms with Gasteiger partial charge in [-0.3, -0.25) is 18.7 Å². The van der Waals surface area contributed by atoms with Gasteiger partial charge in [-0.15, -0.1) is 0 Å². The number of nitrogens with zero attached hydrogens (tertiary/aromatic N) is 2. The molecule has 4 N–H and O–H groups in total. The molecule has 0 bridgehead atoms. The van der Waals surface area contributed by atoms with Crippen LogP contribution in [0.5, 0.6) is 0 Å². The highest BCUT2D eigenvalue weighted by atomic mass is 16.3. The van der Waals surface area contributed by atoms with Gasteiger partial charge in [-0.25, -0.2) is 4.79 Å². The Hall–Kier alpha value is -2.09. The van der Waals surface area contributed by atoms with E-state index in [1.165, 1.54) is 11.5 Å². The van der Waals surface area contributed by atoms with Gasteiger partial charge in [0.15, 0.2) is 0 Å². The molecule has 1 amide bonds. The van der Waals surface area contributed by atoms with E-state index in [4.69, 9.17) is 10.8 Å². The third kappa shape index (κ3) is 4.20. The Labute approximate surface area is 128 Å². The SMILES string of the molecule is CCCn1c(N)c(NC(C)=O)c(=O)n(CCCCCO)c1=O. The Morgan fingerprint density at radius 3 is 2.41 bits per heavy atom. The van der Waals surface area contributed by atoms with Crippen molar-refractivity contribution in [1.29, 1.82) is 0 Å². The van der Waals surface area contributed by atoms with E-state index in [9.17, 15) is 14.4 Å². The van der Waals surface area contributed by atoms with E-state index in [1.54, 1.807) is 0 Å². The molecule has 0 radical (unpaired) electrons. The molecule has 0 aromatic carbocycles. The van der Waals surface area contributed by atoms with Gasteiger partial charge < -0.3 is 16.2 Å². The lowest BCUT2D eigenvalue weighted by Gasteiger charge is -2.16. The number of nitrogens with one attached hydrogen (secondary N) is 1. The summed E-state index contributed by atoms with van der Waals surface area (Å²) in [5.74, 6) is -0.434. The van der Waals surface area contributed by atoms with E-state index >= 15 is 0 Å². The van der Waals surface area contributed by atoms with Crippen molar-refractivity contribution in [3.63, 3.8) is 0 Å². The molecule has 0 saturated heterocycles. The van der Waals surface area contributed by atoms with Crippen LogP contribution in [0.25, 0.3) is 0 Å². The number of hydrogen-bond donors (Lipinski definition) is 3. The molecular formula is C14H24N4O4. The standard InChI is InChI=1S/C14H24N4O4/c1-3-7-17-12(15)11(16-10(2)20)13(21)18(14(17)22)8-5-4-6-9-19/h19H,3-9,15H2,1-2H3,(H,16,20). The van der Waals surface area contributed by atoms with Gasteiger partial charge in [0.2, 0.25) is 5.91 Å². The van der Waals surface area contributed by atoms with Gasteiger partial charge in [-0.05, 0) is 25.7 Å². The summed E-state index contributed by atoms with van der Waals surface area (Å²) in [5, 5.41) is 11.2. The van der Waals surface area contributed by atoms with Gasteiger partial charge in [-0.2, -0.15) is 0 Å². The number of nitrogens with two attached hydrogens (primary N) is 1. The minimum absolute atomic E-state index is 0.0151. The summed E-state index contributed by atoms with van der Waals surface area (Å²) in [4.78, 5) is 36.0. The minimum Gasteiger partial charge on any atom is -0.396 e. The predicted octanol–water partition coefficient (Wildman–Crippen LogP) is 0.123. The first-order valence-corrected chi connectivity index (χ1v) is 7.45. The molecule has 8 heteroatoms. The van der Waals surface area contributed by atoms with Gasteiger partial charge in [-0.1, -0.05) is 6.92 Å². The molecule has 0 aliphatic rings. The smallest absolute Gasteiger partial charge is 0.332 e. The number of aliphatic hydroxyl groups is 1. The number of carbonyl (C=O) groups is 1. The van der Waals surface area contributed by atoms with Crippen LogP contribution >= 0.6 is 0 Å². The van der Waals surface area contributed by atoms with Crippen LogP contribution in [0.3, 0.4) is 0 Å². The Kier molecular flexibility index (Phi) is 6.84. The molecule has 1 aromatic rings. The Bertz CT molecular complexity index is 633. The van der Waals surface area contributed by atoms with Crippen LogP contribution in [-0.2, 0) is 17.9 Å². The third-order valence-corrected chi connectivity index (χ3v) is 3.26. The van der Waals surface area contributed by atoms with Crippen molar-refractivity contribution >= 4 is 17.4 Å². The molecule has 0 atom stereocenters. The largest absolute Gasteiger partial charge is 0.396 e. The average Bonchev–Trinajstić information content (AvgIpc) is 2.47. The van der Waals surface area contributed by atoms with Crippen molar-refractivity contribution in [2.75, 3.05) is 17.7 Å². The van der Waals surface area contributed by atoms with Gasteiger partial charge in [0.05, 0.1) is 0 Å². The van der Waals surface area contributed by atoms with Gasteiger partial charge >= 0.3 is 5.69 Å². The van der Waals surface area contributed by atoms with Gasteiger partial charge in [0.1, 0.15) is 11.5 Å². The number of rotatable bonds is 8. The fraction of sp³-hybridized carbons (Fsp3) is 0.643. The summed E-state index contributed by atoms with van der Waals surface area (Å²) in [6.07, 6.45) is 2.58. The molecule has 1 rings (SSSR count). The number of anilines is 2. The first kappa shape index (κ1) is 18.0. The van der Waals surface area contributed by atoms with E-state index in [0.717, 1.165) is 4.57 Å². The van der Waals surface area contributed by atoms with Crippen LogP contribution in [0, 0.1) is 0 Å². The highest BCUT2D eigenvalue weighted by Gasteiger charge is 2.17. The van der Waals surface area contributed by atoms with Gasteiger partial charge in [0, 0.05) is 26.6 Å². The molecule has 1 heterocycles. The van der Waals surface area contributed by atoms with Crippen molar-refractivity contribution in [3.8, 4) is 0 Å². The zero-order chi connectivity index (χ0) is 16.7. The van der Waals surface area contributed by atoms with Crippen LogP contribution < -0.4 is 22.3 Å². The summed E-state index contributed by atoms with van der Waals surface area (Å²) in [5.41, 5.74) is 4.75. The normalized spacial score (nSPS) is 10.7. The number of hydrogen-bond acceptors (Lipinski definition) is 5. The van der Waals surface area contributed by atoms with E-state index in [-0.39, 0.29) is 24.7 Å². The summed E-state index contributed by atoms with van der Waals surface area (Å²) in [6, 6.07) is 0. The molecular weight excluding hydrogens is 288 g/mol. The number of carbonyl (C=O) groups excluding carboxylic acids is 1. The van der Waals surface area contributed by atoms with Crippen LogP contribution in [0.4, 0.5) is 11.5 Å². The fourth-order valence-electron chi connectivity index (χ4n) is 2.20. The molecule has 124 valence electrons. The second-order valence-corrected chi connectivity index (χ2v) is 5.12. The molecule has 0 saturated carbocycles. The maximum Gasteiger partial charge on any atom is 0.332 e. The summed E-state index contributed by atoms with van der Waals surface area (Å²) in [6.45, 7) is 3.84. The predicted molar refractivity (Wildman–Crippen MR) is 84.9 cm³/mol. The molecule has 22 heavy (non-hydrogen) atoms. The molecule has 8 nitrogen and oxygen atoms in total. The van der Waals surface area contributed by atoms with E-state index in [2.05, 4.69) is 5.32 Å². The second kappa shape index (κ2) is 8.38. The van der Waals surface area contributed by atoms with Crippen molar-refractivity contribution in [2.45, 2.75) is 52.6 Å². The van der Waals surface area contributed by atoms with Crippen LogP contribution in [0.1, 0.15) is 39.5 Å². The summed E-state index contributed by atoms with van der Waals surface area (Å²) < 4.78 is 2.40. The van der Waals surface area contributed by atoms with Crippen molar-refractivity contribution in [3.05, 3.63) is 20.8 Å². The number of amides is 1. The highest BCUT2D eigenvalue weighted by Crippen LogP contribution is 2.11. The maximum absolute atomic E-state index is 12.4. The van der Waals surface area contributed by atoms with Crippen LogP contribution in [0.2, 0.25) is 0 Å². The Morgan fingerprint density at radius 1 is 1.18 bits per heavy atom. The minimum atomic E-state index is -0.589. The monoisotopic (exact) mass is 312 g/mol. The van der Waals surface area contributed by atoms with Crippen LogP contribution in [0.15, 0.2) is 9.59 Å². The number of unbranched alkanes of at least 4 members (excludes halogenated alkanes) is 2. The highest BCUT2D eigenvalue weighted by molar-refractivity contribution is 5.91. The lowest BCUT2D eigenvalue weighted by molar-refractivity contribution is -0.114. The molecule has 0 spiro atoms. The maximum atomic E-state index is 12.4. The van der Waals surface area contributed by atoms with E-state index < -0.39 is 17.2 Å². The molecule has 0 aliphatic carbocycles. The fourth-order valence-corrected chi connectivity index (χ4v) is 2.20. The van der Waals surface area contributed by atoms with Gasteiger partial charge in [0.25, 0.3) is 5.56 Å². The summed E-state index contributed by atoms with van der Waals surface area (Å²) >= 11 is 0. The average molecular weight is 312 g/mol. The number of aliphatic hydroxyl groups excluding tert-OH is 1. The van der Waals surface area contributed by atoms with Crippen molar-refractivity contribution in [2.24, 2.45) is 0 Å². The summed E-state index contributed by atoms with van der Waals surface area (Å²) in [7, 11) is 0. The lowest BCUT2D eigenvalue weighted by Crippen LogP contribution is -2.42. The first-order chi connectivity index (χ1) is 10.4. The topological polar surface area (TPSA) is 119 Å². The quantitative estimate of drug-likeness (QED) is 0.589. The first-order valence-electron chi connectivity index (χ1n) is 7.45. The van der Waals surface area contributed by atoms with Crippen LogP contribution in [-0.4, -0.2) is 26.8 Å². The number of aromatic nitrogens is 2. The zero-order valence-electron chi connectivity index (χ0n) is 13.1. The third-order valence-electron chi connectivity index (χ3n) is 3.26.